The van der Waals surface area contributed by atoms with Crippen molar-refractivity contribution in [2.75, 3.05) is 62.4 Å². The van der Waals surface area contributed by atoms with Crippen molar-refractivity contribution in [3.63, 3.8) is 0 Å². The van der Waals surface area contributed by atoms with Crippen molar-refractivity contribution in [3.8, 4) is 22.8 Å². The third-order valence-corrected chi connectivity index (χ3v) is 6.40. The lowest BCUT2D eigenvalue weighted by molar-refractivity contribution is 0.0378. The normalized spacial score (nSPS) is 13.7. The van der Waals surface area contributed by atoms with Gasteiger partial charge in [-0.3, -0.25) is 4.90 Å². The van der Waals surface area contributed by atoms with Crippen LogP contribution in [0.3, 0.4) is 0 Å². The molecule has 1 aliphatic rings. The Morgan fingerprint density at radius 1 is 0.974 bits per heavy atom. The Bertz CT molecular complexity index is 1310. The first kappa shape index (κ1) is 25.4. The Hall–Kier alpha value is -4.21. The molecule has 5 rings (SSSR count). The fourth-order valence-electron chi connectivity index (χ4n) is 4.30. The smallest absolute Gasteiger partial charge is 0.222 e. The number of anilines is 4. The van der Waals surface area contributed by atoms with Crippen LogP contribution in [0.25, 0.3) is 11.3 Å². The van der Waals surface area contributed by atoms with E-state index >= 15 is 0 Å². The average molecular weight is 512 g/mol. The number of aromatic nitrogens is 3. The molecule has 2 aromatic carbocycles. The van der Waals surface area contributed by atoms with Crippen molar-refractivity contribution in [2.45, 2.75) is 6.42 Å². The first-order valence-electron chi connectivity index (χ1n) is 12.9. The van der Waals surface area contributed by atoms with Gasteiger partial charge in [-0.25, -0.2) is 9.97 Å². The zero-order valence-corrected chi connectivity index (χ0v) is 21.6. The van der Waals surface area contributed by atoms with E-state index in [2.05, 4.69) is 25.2 Å². The van der Waals surface area contributed by atoms with Gasteiger partial charge in [0, 0.05) is 56.3 Å². The number of ether oxygens (including phenoxy) is 2. The Balaban J connectivity index is 1.18. The summed E-state index contributed by atoms with van der Waals surface area (Å²) in [7, 11) is 1.95. The van der Waals surface area contributed by atoms with Gasteiger partial charge in [-0.05, 0) is 43.3 Å². The molecule has 0 amide bonds. The van der Waals surface area contributed by atoms with Crippen LogP contribution in [0.4, 0.5) is 23.3 Å². The van der Waals surface area contributed by atoms with Gasteiger partial charge in [0.2, 0.25) is 5.95 Å². The predicted molar refractivity (Wildman–Crippen MR) is 151 cm³/mol. The Morgan fingerprint density at radius 3 is 2.55 bits per heavy atom. The number of hydrogen-bond donors (Lipinski definition) is 2. The van der Waals surface area contributed by atoms with Crippen molar-refractivity contribution in [1.29, 1.82) is 0 Å². The molecule has 0 saturated carbocycles. The fourth-order valence-corrected chi connectivity index (χ4v) is 4.30. The molecular formula is C29H33N7O2. The number of nitrogens with one attached hydrogen (secondary N) is 1. The molecule has 4 aromatic rings. The van der Waals surface area contributed by atoms with Crippen LogP contribution in [0.15, 0.2) is 79.0 Å². The summed E-state index contributed by atoms with van der Waals surface area (Å²) in [5.41, 5.74) is 8.74. The third-order valence-electron chi connectivity index (χ3n) is 6.40. The average Bonchev–Trinajstić information content (AvgIpc) is 2.96. The Labute approximate surface area is 223 Å². The minimum absolute atomic E-state index is 0.233. The van der Waals surface area contributed by atoms with Gasteiger partial charge in [0.15, 0.2) is 0 Å². The lowest BCUT2D eigenvalue weighted by Crippen LogP contribution is -2.37. The van der Waals surface area contributed by atoms with Crippen LogP contribution < -0.4 is 20.7 Å². The van der Waals surface area contributed by atoms with Crippen LogP contribution in [0.1, 0.15) is 6.42 Å². The zero-order valence-electron chi connectivity index (χ0n) is 21.6. The van der Waals surface area contributed by atoms with Gasteiger partial charge in [-0.2, -0.15) is 4.98 Å². The number of nitrogens with two attached hydrogens (primary N) is 1. The summed E-state index contributed by atoms with van der Waals surface area (Å²) in [5, 5.41) is 3.40. The summed E-state index contributed by atoms with van der Waals surface area (Å²) >= 11 is 0. The molecule has 1 saturated heterocycles. The first-order valence-corrected chi connectivity index (χ1v) is 12.9. The number of benzene rings is 2. The summed E-state index contributed by atoms with van der Waals surface area (Å²) in [6.45, 7) is 5.60. The van der Waals surface area contributed by atoms with Crippen molar-refractivity contribution in [2.24, 2.45) is 0 Å². The molecule has 0 atom stereocenters. The number of nitrogens with zero attached hydrogens (tertiary/aromatic N) is 5. The molecule has 9 nitrogen and oxygen atoms in total. The monoisotopic (exact) mass is 511 g/mol. The molecule has 38 heavy (non-hydrogen) atoms. The number of morpholine rings is 1. The molecule has 0 unspecified atom stereocenters. The van der Waals surface area contributed by atoms with Gasteiger partial charge < -0.3 is 25.4 Å². The second-order valence-electron chi connectivity index (χ2n) is 9.10. The fraction of sp³-hybridized carbons (Fsp3) is 0.276. The molecule has 3 N–H and O–H groups in total. The molecular weight excluding hydrogens is 478 g/mol. The minimum Gasteiger partial charge on any atom is -0.457 e. The summed E-state index contributed by atoms with van der Waals surface area (Å²) in [5.74, 6) is 3.21. The highest BCUT2D eigenvalue weighted by molar-refractivity contribution is 5.68. The number of nitrogen functional groups attached to an aromatic ring is 1. The molecule has 1 fully saturated rings. The van der Waals surface area contributed by atoms with Crippen LogP contribution in [0.2, 0.25) is 0 Å². The standard InChI is InChI=1S/C29H33N7O2/c1-35(28-21-26(33-29(30)34-28)22-6-3-2-4-7-22)23-8-10-24(11-9-23)38-25-12-14-32-27(20-25)31-13-5-15-36-16-18-37-19-17-36/h2-4,6-12,14,20-21H,5,13,15-19H2,1H3,(H,31,32)(H2,30,33,34). The van der Waals surface area contributed by atoms with Gasteiger partial charge in [-0.15, -0.1) is 0 Å². The minimum atomic E-state index is 0.233. The highest BCUT2D eigenvalue weighted by Gasteiger charge is 2.12. The van der Waals surface area contributed by atoms with Crippen LogP contribution in [-0.4, -0.2) is 66.3 Å². The number of hydrogen-bond acceptors (Lipinski definition) is 9. The number of rotatable bonds is 10. The van der Waals surface area contributed by atoms with Crippen molar-refractivity contribution >= 4 is 23.3 Å². The van der Waals surface area contributed by atoms with E-state index in [1.807, 2.05) is 84.7 Å². The van der Waals surface area contributed by atoms with Gasteiger partial charge in [0.05, 0.1) is 18.9 Å². The van der Waals surface area contributed by atoms with Crippen LogP contribution in [-0.2, 0) is 4.74 Å². The lowest BCUT2D eigenvalue weighted by Gasteiger charge is -2.26. The van der Waals surface area contributed by atoms with Gasteiger partial charge in [0.25, 0.3) is 0 Å². The molecule has 0 spiro atoms. The van der Waals surface area contributed by atoms with Crippen molar-refractivity contribution < 1.29 is 9.47 Å². The molecule has 1 aliphatic heterocycles. The molecule has 196 valence electrons. The largest absolute Gasteiger partial charge is 0.457 e. The Kier molecular flexibility index (Phi) is 8.27. The molecule has 0 bridgehead atoms. The van der Waals surface area contributed by atoms with E-state index in [4.69, 9.17) is 15.2 Å². The van der Waals surface area contributed by atoms with Gasteiger partial charge in [0.1, 0.15) is 23.1 Å². The summed E-state index contributed by atoms with van der Waals surface area (Å²) in [6, 6.07) is 23.5. The lowest BCUT2D eigenvalue weighted by atomic mass is 10.1. The maximum Gasteiger partial charge on any atom is 0.222 e. The van der Waals surface area contributed by atoms with E-state index in [0.717, 1.165) is 80.1 Å². The Morgan fingerprint density at radius 2 is 1.76 bits per heavy atom. The van der Waals surface area contributed by atoms with Crippen molar-refractivity contribution in [1.82, 2.24) is 19.9 Å². The SMILES string of the molecule is CN(c1ccc(Oc2ccnc(NCCCN3CCOCC3)c2)cc1)c1cc(-c2ccccc2)nc(N)n1. The van der Waals surface area contributed by atoms with E-state index in [-0.39, 0.29) is 5.95 Å². The van der Waals surface area contributed by atoms with E-state index < -0.39 is 0 Å². The van der Waals surface area contributed by atoms with E-state index in [1.54, 1.807) is 6.20 Å². The summed E-state index contributed by atoms with van der Waals surface area (Å²) < 4.78 is 11.5. The summed E-state index contributed by atoms with van der Waals surface area (Å²) in [4.78, 5) is 17.6. The first-order chi connectivity index (χ1) is 18.6. The molecule has 0 radical (unpaired) electrons. The van der Waals surface area contributed by atoms with Gasteiger partial charge >= 0.3 is 0 Å². The predicted octanol–water partition coefficient (Wildman–Crippen LogP) is 4.82. The van der Waals surface area contributed by atoms with Crippen LogP contribution >= 0.6 is 0 Å². The molecule has 0 aliphatic carbocycles. The van der Waals surface area contributed by atoms with Crippen LogP contribution in [0.5, 0.6) is 11.5 Å². The highest BCUT2D eigenvalue weighted by Crippen LogP contribution is 2.29. The quantitative estimate of drug-likeness (QED) is 0.290. The van der Waals surface area contributed by atoms with Crippen molar-refractivity contribution in [3.05, 3.63) is 79.0 Å². The second kappa shape index (κ2) is 12.4. The zero-order chi connectivity index (χ0) is 26.2. The van der Waals surface area contributed by atoms with Gasteiger partial charge in [-0.1, -0.05) is 30.3 Å². The summed E-state index contributed by atoms with van der Waals surface area (Å²) in [6.07, 6.45) is 2.80. The van der Waals surface area contributed by atoms with E-state index in [0.29, 0.717) is 5.82 Å². The molecule has 2 aromatic heterocycles. The molecule has 9 heteroatoms. The van der Waals surface area contributed by atoms with E-state index in [1.165, 1.54) is 0 Å². The molecule has 3 heterocycles. The van der Waals surface area contributed by atoms with Crippen LogP contribution in [0, 0.1) is 0 Å². The maximum atomic E-state index is 6.09. The topological polar surface area (TPSA) is 102 Å². The third kappa shape index (κ3) is 6.76. The highest BCUT2D eigenvalue weighted by atomic mass is 16.5. The number of pyridine rings is 1. The van der Waals surface area contributed by atoms with E-state index in [9.17, 15) is 0 Å². The second-order valence-corrected chi connectivity index (χ2v) is 9.10. The maximum absolute atomic E-state index is 6.09.